The third-order valence-electron chi connectivity index (χ3n) is 7.70. The van der Waals surface area contributed by atoms with Gasteiger partial charge in [-0.05, 0) is 86.7 Å². The van der Waals surface area contributed by atoms with Crippen molar-refractivity contribution in [3.63, 3.8) is 0 Å². The highest BCUT2D eigenvalue weighted by atomic mass is 16.5. The molecule has 43 heavy (non-hydrogen) atoms. The Morgan fingerprint density at radius 2 is 1.86 bits per heavy atom. The molecule has 0 saturated heterocycles. The van der Waals surface area contributed by atoms with Crippen LogP contribution in [-0.2, 0) is 5.54 Å². The maximum atomic E-state index is 13.5. The molecule has 1 saturated carbocycles. The van der Waals surface area contributed by atoms with Gasteiger partial charge < -0.3 is 19.6 Å². The topological polar surface area (TPSA) is 123 Å². The normalized spacial score (nSPS) is 14.3. The lowest BCUT2D eigenvalue weighted by Crippen LogP contribution is -2.35. The molecule has 2 N–H and O–H groups in total. The number of hydrogen-bond acceptors (Lipinski definition) is 7. The maximum Gasteiger partial charge on any atom is 0.255 e. The van der Waals surface area contributed by atoms with Gasteiger partial charge in [-0.3, -0.25) is 14.6 Å². The third kappa shape index (κ3) is 5.14. The van der Waals surface area contributed by atoms with Crippen molar-refractivity contribution >= 4 is 28.4 Å². The number of carbonyl (C=O) groups is 2. The fourth-order valence-electron chi connectivity index (χ4n) is 5.20. The summed E-state index contributed by atoms with van der Waals surface area (Å²) in [5.74, 6) is 0.795. The van der Waals surface area contributed by atoms with E-state index in [1.165, 1.54) is 0 Å². The maximum absolute atomic E-state index is 13.5. The standard InChI is InChI=1S/C34H31N5O4/c1-5-9-21(6-2)29-28(32(41)35-4)25-18-22(13-14-27(25)42-29)24-19-23(12-11-20(24)3)31(40)38-34(15-16-34)33-37-30(39-43-33)26-10-7-8-17-36-26/h5-14,17-19H,15-16H2,1-4H3,(H,35,41)(H,38,40). The largest absolute Gasteiger partial charge is 0.455 e. The lowest BCUT2D eigenvalue weighted by molar-refractivity contribution is 0.0919. The monoisotopic (exact) mass is 573 g/mol. The Morgan fingerprint density at radius 3 is 2.56 bits per heavy atom. The van der Waals surface area contributed by atoms with E-state index >= 15 is 0 Å². The van der Waals surface area contributed by atoms with E-state index in [9.17, 15) is 9.59 Å². The number of hydrogen-bond donors (Lipinski definition) is 2. The molecule has 5 aromatic rings. The Morgan fingerprint density at radius 1 is 1.02 bits per heavy atom. The molecule has 3 aromatic heterocycles. The first-order chi connectivity index (χ1) is 20.9. The summed E-state index contributed by atoms with van der Waals surface area (Å²) in [5, 5.41) is 10.6. The van der Waals surface area contributed by atoms with Crippen molar-refractivity contribution in [2.75, 3.05) is 7.05 Å². The van der Waals surface area contributed by atoms with E-state index in [4.69, 9.17) is 8.94 Å². The number of carbonyl (C=O) groups excluding carboxylic acids is 2. The van der Waals surface area contributed by atoms with Crippen molar-refractivity contribution in [2.45, 2.75) is 39.2 Å². The van der Waals surface area contributed by atoms with Gasteiger partial charge in [0.25, 0.3) is 17.7 Å². The molecule has 2 amide bonds. The summed E-state index contributed by atoms with van der Waals surface area (Å²) in [6.45, 7) is 5.82. The molecule has 0 unspecified atom stereocenters. The molecule has 0 aliphatic heterocycles. The molecule has 0 atom stereocenters. The van der Waals surface area contributed by atoms with Gasteiger partial charge in [-0.25, -0.2) is 0 Å². The lowest BCUT2D eigenvalue weighted by atomic mass is 9.95. The van der Waals surface area contributed by atoms with E-state index in [0.717, 1.165) is 22.3 Å². The number of aromatic nitrogens is 3. The molecule has 0 bridgehead atoms. The van der Waals surface area contributed by atoms with Crippen molar-refractivity contribution in [1.82, 2.24) is 25.8 Å². The first-order valence-electron chi connectivity index (χ1n) is 14.1. The molecule has 9 heteroatoms. The van der Waals surface area contributed by atoms with Gasteiger partial charge in [-0.15, -0.1) is 0 Å². The van der Waals surface area contributed by atoms with Crippen LogP contribution in [0.5, 0.6) is 0 Å². The van der Waals surface area contributed by atoms with Crippen LogP contribution in [0.15, 0.2) is 88.0 Å². The van der Waals surface area contributed by atoms with Crippen LogP contribution in [0.2, 0.25) is 0 Å². The number of nitrogens with zero attached hydrogens (tertiary/aromatic N) is 3. The first-order valence-corrected chi connectivity index (χ1v) is 14.1. The average Bonchev–Trinajstić information content (AvgIpc) is 3.46. The smallest absolute Gasteiger partial charge is 0.255 e. The summed E-state index contributed by atoms with van der Waals surface area (Å²) >= 11 is 0. The van der Waals surface area contributed by atoms with Crippen molar-refractivity contribution in [2.24, 2.45) is 0 Å². The van der Waals surface area contributed by atoms with Crippen LogP contribution in [0.3, 0.4) is 0 Å². The van der Waals surface area contributed by atoms with Crippen molar-refractivity contribution < 1.29 is 18.5 Å². The minimum atomic E-state index is -0.700. The quantitative estimate of drug-likeness (QED) is 0.200. The van der Waals surface area contributed by atoms with Gasteiger partial charge in [0, 0.05) is 29.8 Å². The van der Waals surface area contributed by atoms with Crippen LogP contribution in [-0.4, -0.2) is 34.0 Å². The van der Waals surface area contributed by atoms with Gasteiger partial charge in [0.05, 0.1) is 5.56 Å². The van der Waals surface area contributed by atoms with Gasteiger partial charge in [-0.2, -0.15) is 4.98 Å². The number of nitrogens with one attached hydrogen (secondary N) is 2. The molecule has 0 radical (unpaired) electrons. The second-order valence-electron chi connectivity index (χ2n) is 10.5. The molecule has 216 valence electrons. The fourth-order valence-corrected chi connectivity index (χ4v) is 5.20. The SMILES string of the molecule is CC=CC(=CC)c1oc2ccc(-c3cc(C(=O)NC4(c5nc(-c6ccccn6)no5)CC4)ccc3C)cc2c1C(=O)NC. The lowest BCUT2D eigenvalue weighted by Gasteiger charge is -2.14. The van der Waals surface area contributed by atoms with Crippen LogP contribution < -0.4 is 10.6 Å². The van der Waals surface area contributed by atoms with Crippen molar-refractivity contribution in [3.8, 4) is 22.6 Å². The summed E-state index contributed by atoms with van der Waals surface area (Å²) in [6.07, 6.45) is 8.80. The van der Waals surface area contributed by atoms with E-state index in [1.54, 1.807) is 19.3 Å². The molecule has 1 fully saturated rings. The van der Waals surface area contributed by atoms with Gasteiger partial charge in [-0.1, -0.05) is 41.6 Å². The zero-order valence-electron chi connectivity index (χ0n) is 24.4. The predicted molar refractivity (Wildman–Crippen MR) is 164 cm³/mol. The number of aryl methyl sites for hydroxylation is 1. The van der Waals surface area contributed by atoms with Gasteiger partial charge in [0.1, 0.15) is 22.6 Å². The van der Waals surface area contributed by atoms with E-state index < -0.39 is 5.54 Å². The highest BCUT2D eigenvalue weighted by Crippen LogP contribution is 2.45. The number of allylic oxidation sites excluding steroid dienone is 4. The Bertz CT molecular complexity index is 1910. The zero-order chi connectivity index (χ0) is 30.1. The van der Waals surface area contributed by atoms with Gasteiger partial charge >= 0.3 is 0 Å². The Balaban J connectivity index is 1.32. The molecule has 9 nitrogen and oxygen atoms in total. The number of fused-ring (bicyclic) bond motifs is 1. The second kappa shape index (κ2) is 11.2. The summed E-state index contributed by atoms with van der Waals surface area (Å²) in [6, 6.07) is 16.8. The number of furan rings is 1. The number of amides is 2. The van der Waals surface area contributed by atoms with Gasteiger partial charge in [0.2, 0.25) is 5.82 Å². The minimum Gasteiger partial charge on any atom is -0.455 e. The highest BCUT2D eigenvalue weighted by molar-refractivity contribution is 6.11. The zero-order valence-corrected chi connectivity index (χ0v) is 24.4. The van der Waals surface area contributed by atoms with E-state index in [1.807, 2.05) is 87.5 Å². The molecule has 3 heterocycles. The highest BCUT2D eigenvalue weighted by Gasteiger charge is 2.51. The Kier molecular flexibility index (Phi) is 7.23. The fraction of sp³-hybridized carbons (Fsp3) is 0.206. The Hall–Kier alpha value is -5.31. The third-order valence-corrected chi connectivity index (χ3v) is 7.70. The van der Waals surface area contributed by atoms with Crippen molar-refractivity contribution in [1.29, 1.82) is 0 Å². The van der Waals surface area contributed by atoms with E-state index in [-0.39, 0.29) is 11.8 Å². The van der Waals surface area contributed by atoms with Crippen LogP contribution in [0.1, 0.15) is 64.6 Å². The molecular weight excluding hydrogens is 542 g/mol. The van der Waals surface area contributed by atoms with Gasteiger partial charge in [0.15, 0.2) is 0 Å². The molecule has 6 rings (SSSR count). The summed E-state index contributed by atoms with van der Waals surface area (Å²) < 4.78 is 11.7. The molecule has 2 aromatic carbocycles. The number of rotatable bonds is 8. The Labute approximate surface area is 248 Å². The second-order valence-corrected chi connectivity index (χ2v) is 10.5. The molecule has 0 spiro atoms. The van der Waals surface area contributed by atoms with Crippen LogP contribution in [0, 0.1) is 6.92 Å². The van der Waals surface area contributed by atoms with Crippen molar-refractivity contribution in [3.05, 3.63) is 107 Å². The predicted octanol–water partition coefficient (Wildman–Crippen LogP) is 6.61. The summed E-state index contributed by atoms with van der Waals surface area (Å²) in [7, 11) is 1.60. The van der Waals surface area contributed by atoms with Crippen LogP contribution in [0.25, 0.3) is 39.2 Å². The minimum absolute atomic E-state index is 0.235. The van der Waals surface area contributed by atoms with Crippen LogP contribution >= 0.6 is 0 Å². The van der Waals surface area contributed by atoms with Crippen LogP contribution in [0.4, 0.5) is 0 Å². The molecule has 1 aliphatic carbocycles. The summed E-state index contributed by atoms with van der Waals surface area (Å²) in [4.78, 5) is 35.4. The molecular formula is C34H31N5O4. The average molecular weight is 574 g/mol. The number of pyridine rings is 1. The molecule has 1 aliphatic rings. The summed E-state index contributed by atoms with van der Waals surface area (Å²) in [5.41, 5.74) is 5.02. The number of benzene rings is 2. The van der Waals surface area contributed by atoms with E-state index in [0.29, 0.717) is 58.1 Å². The van der Waals surface area contributed by atoms with E-state index in [2.05, 4.69) is 25.8 Å². The first kappa shape index (κ1) is 27.8.